The highest BCUT2D eigenvalue weighted by molar-refractivity contribution is 9.10. The van der Waals surface area contributed by atoms with Crippen molar-refractivity contribution in [1.29, 1.82) is 0 Å². The molecular weight excluding hydrogens is 426 g/mol. The van der Waals surface area contributed by atoms with E-state index in [9.17, 15) is 23.3 Å². The summed E-state index contributed by atoms with van der Waals surface area (Å²) in [5.74, 6) is -0.422. The van der Waals surface area contributed by atoms with E-state index in [1.165, 1.54) is 12.1 Å². The van der Waals surface area contributed by atoms with Crippen LogP contribution < -0.4 is 10.6 Å². The van der Waals surface area contributed by atoms with Crippen molar-refractivity contribution in [1.82, 2.24) is 0 Å². The molecule has 0 fully saturated rings. The molecular formula is C16H16BrN3O5S. The third-order valence-electron chi connectivity index (χ3n) is 3.48. The molecule has 0 spiro atoms. The number of sulfone groups is 1. The van der Waals surface area contributed by atoms with Crippen molar-refractivity contribution < 1.29 is 18.1 Å². The maximum Gasteiger partial charge on any atom is 0.310 e. The average molecular weight is 442 g/mol. The lowest BCUT2D eigenvalue weighted by Crippen LogP contribution is -2.22. The summed E-state index contributed by atoms with van der Waals surface area (Å²) in [5.41, 5.74) is 0.834. The van der Waals surface area contributed by atoms with E-state index in [0.29, 0.717) is 5.69 Å². The largest absolute Gasteiger partial charge is 0.371 e. The number of nitrogens with one attached hydrogen (secondary N) is 2. The summed E-state index contributed by atoms with van der Waals surface area (Å²) in [6, 6.07) is 9.22. The summed E-state index contributed by atoms with van der Waals surface area (Å²) in [4.78, 5) is 22.2. The predicted octanol–water partition coefficient (Wildman–Crippen LogP) is 3.12. The Hall–Kier alpha value is -2.46. The molecule has 0 aliphatic carbocycles. The van der Waals surface area contributed by atoms with Crippen LogP contribution in [-0.4, -0.2) is 32.0 Å². The van der Waals surface area contributed by atoms with Crippen molar-refractivity contribution in [3.05, 3.63) is 56.5 Å². The zero-order valence-electron chi connectivity index (χ0n) is 13.9. The third-order valence-corrected chi connectivity index (χ3v) is 5.10. The summed E-state index contributed by atoms with van der Waals surface area (Å²) in [7, 11) is -3.78. The summed E-state index contributed by atoms with van der Waals surface area (Å²) < 4.78 is 24.4. The van der Waals surface area contributed by atoms with Gasteiger partial charge in [0.2, 0.25) is 5.91 Å². The van der Waals surface area contributed by atoms with Gasteiger partial charge in [-0.15, -0.1) is 0 Å². The van der Waals surface area contributed by atoms with Gasteiger partial charge in [0.15, 0.2) is 9.84 Å². The Labute approximate surface area is 158 Å². The molecule has 0 heterocycles. The number of nitro benzene ring substituents is 1. The lowest BCUT2D eigenvalue weighted by atomic mass is 10.2. The van der Waals surface area contributed by atoms with E-state index in [0.717, 1.165) is 22.4 Å². The van der Waals surface area contributed by atoms with Gasteiger partial charge in [0.1, 0.15) is 10.6 Å². The number of nitro groups is 1. The summed E-state index contributed by atoms with van der Waals surface area (Å²) in [6.07, 6.45) is 0.891. The molecule has 138 valence electrons. The predicted molar refractivity (Wildman–Crippen MR) is 102 cm³/mol. The molecule has 2 aromatic rings. The summed E-state index contributed by atoms with van der Waals surface area (Å²) in [6.45, 7) is 1.57. The van der Waals surface area contributed by atoms with E-state index < -0.39 is 31.3 Å². The Morgan fingerprint density at radius 3 is 2.50 bits per heavy atom. The van der Waals surface area contributed by atoms with Crippen LogP contribution in [0.15, 0.2) is 45.8 Å². The highest BCUT2D eigenvalue weighted by Gasteiger charge is 2.26. The van der Waals surface area contributed by atoms with Crippen molar-refractivity contribution in [2.75, 3.05) is 23.4 Å². The van der Waals surface area contributed by atoms with Crippen molar-refractivity contribution in [2.45, 2.75) is 11.8 Å². The molecule has 0 aromatic heterocycles. The number of anilines is 2. The van der Waals surface area contributed by atoms with Crippen molar-refractivity contribution in [3.63, 3.8) is 0 Å². The first-order chi connectivity index (χ1) is 12.1. The molecule has 2 rings (SSSR count). The number of nitrogens with zero attached hydrogens (tertiary/aromatic N) is 1. The van der Waals surface area contributed by atoms with Gasteiger partial charge >= 0.3 is 5.69 Å². The number of benzene rings is 2. The Balaban J connectivity index is 2.19. The highest BCUT2D eigenvalue weighted by Crippen LogP contribution is 2.31. The smallest absolute Gasteiger partial charge is 0.310 e. The molecule has 2 aromatic carbocycles. The zero-order valence-corrected chi connectivity index (χ0v) is 16.3. The average Bonchev–Trinajstić information content (AvgIpc) is 2.54. The quantitative estimate of drug-likeness (QED) is 0.524. The summed E-state index contributed by atoms with van der Waals surface area (Å²) >= 11 is 3.33. The second-order valence-electron chi connectivity index (χ2n) is 5.54. The van der Waals surface area contributed by atoms with Crippen LogP contribution >= 0.6 is 15.9 Å². The van der Waals surface area contributed by atoms with E-state index in [4.69, 9.17) is 0 Å². The van der Waals surface area contributed by atoms with Crippen LogP contribution in [0.25, 0.3) is 0 Å². The van der Waals surface area contributed by atoms with Crippen LogP contribution in [-0.2, 0) is 14.6 Å². The number of carbonyl (C=O) groups is 1. The number of amides is 1. The molecule has 0 radical (unpaired) electrons. The number of para-hydroxylation sites is 1. The minimum Gasteiger partial charge on any atom is -0.371 e. The summed E-state index contributed by atoms with van der Waals surface area (Å²) in [5, 5.41) is 16.6. The van der Waals surface area contributed by atoms with Crippen LogP contribution in [0.5, 0.6) is 0 Å². The van der Waals surface area contributed by atoms with E-state index in [1.54, 1.807) is 12.1 Å². The molecule has 1 amide bonds. The Bertz CT molecular complexity index is 976. The number of carbonyl (C=O) groups excluding carboxylic acids is 1. The van der Waals surface area contributed by atoms with Crippen molar-refractivity contribution in [2.24, 2.45) is 0 Å². The lowest BCUT2D eigenvalue weighted by molar-refractivity contribution is -0.386. The highest BCUT2D eigenvalue weighted by atomic mass is 79.9. The number of aryl methyl sites for hydroxylation is 1. The first-order valence-electron chi connectivity index (χ1n) is 7.37. The fraction of sp³-hybridized carbons (Fsp3) is 0.188. The van der Waals surface area contributed by atoms with Gasteiger partial charge in [0.25, 0.3) is 0 Å². The maximum absolute atomic E-state index is 12.1. The molecule has 0 bridgehead atoms. The molecule has 0 unspecified atom stereocenters. The van der Waals surface area contributed by atoms with Crippen molar-refractivity contribution in [3.8, 4) is 0 Å². The number of rotatable bonds is 6. The van der Waals surface area contributed by atoms with Gasteiger partial charge < -0.3 is 10.6 Å². The standard InChI is InChI=1S/C16H16BrN3O5S/c1-10-8-11(17)6-7-12(10)19-15(21)9-18-13-4-3-5-14(26(2,24)25)16(13)20(22)23/h3-8,18H,9H2,1-2H3,(H,19,21). The van der Waals surface area contributed by atoms with E-state index in [-0.39, 0.29) is 12.2 Å². The van der Waals surface area contributed by atoms with Gasteiger partial charge in [-0.1, -0.05) is 22.0 Å². The fourth-order valence-corrected chi connectivity index (χ4v) is 3.63. The van der Waals surface area contributed by atoms with E-state index in [2.05, 4.69) is 26.6 Å². The van der Waals surface area contributed by atoms with Gasteiger partial charge in [0, 0.05) is 16.4 Å². The van der Waals surface area contributed by atoms with Gasteiger partial charge in [0.05, 0.1) is 11.5 Å². The Kier molecular flexibility index (Phi) is 5.98. The van der Waals surface area contributed by atoms with Crippen LogP contribution in [0.4, 0.5) is 17.1 Å². The van der Waals surface area contributed by atoms with Gasteiger partial charge in [-0.2, -0.15) is 0 Å². The molecule has 2 N–H and O–H groups in total. The minimum atomic E-state index is -3.78. The molecule has 8 nitrogen and oxygen atoms in total. The Morgan fingerprint density at radius 2 is 1.92 bits per heavy atom. The molecule has 0 saturated carbocycles. The maximum atomic E-state index is 12.1. The van der Waals surface area contributed by atoms with Gasteiger partial charge in [-0.05, 0) is 42.8 Å². The Morgan fingerprint density at radius 1 is 1.23 bits per heavy atom. The van der Waals surface area contributed by atoms with Gasteiger partial charge in [-0.25, -0.2) is 8.42 Å². The van der Waals surface area contributed by atoms with Crippen molar-refractivity contribution >= 4 is 48.7 Å². The fourth-order valence-electron chi connectivity index (χ4n) is 2.29. The van der Waals surface area contributed by atoms with Crippen LogP contribution in [0.3, 0.4) is 0 Å². The lowest BCUT2D eigenvalue weighted by Gasteiger charge is -2.11. The second-order valence-corrected chi connectivity index (χ2v) is 8.44. The topological polar surface area (TPSA) is 118 Å². The number of halogens is 1. The van der Waals surface area contributed by atoms with Crippen LogP contribution in [0.1, 0.15) is 5.56 Å². The number of hydrogen-bond donors (Lipinski definition) is 2. The van der Waals surface area contributed by atoms with Crippen LogP contribution in [0.2, 0.25) is 0 Å². The molecule has 26 heavy (non-hydrogen) atoms. The van der Waals surface area contributed by atoms with Crippen LogP contribution in [0, 0.1) is 17.0 Å². The SMILES string of the molecule is Cc1cc(Br)ccc1NC(=O)CNc1cccc(S(C)(=O)=O)c1[N+](=O)[O-]. The van der Waals surface area contributed by atoms with Gasteiger partial charge in [-0.3, -0.25) is 14.9 Å². The molecule has 0 aliphatic heterocycles. The zero-order chi connectivity index (χ0) is 19.5. The monoisotopic (exact) mass is 441 g/mol. The normalized spacial score (nSPS) is 11.0. The molecule has 0 aliphatic rings. The molecule has 0 saturated heterocycles. The molecule has 10 heteroatoms. The number of hydrogen-bond acceptors (Lipinski definition) is 6. The second kappa shape index (κ2) is 7.83. The minimum absolute atomic E-state index is 0.0411. The third kappa shape index (κ3) is 4.79. The molecule has 0 atom stereocenters. The first kappa shape index (κ1) is 19.9. The first-order valence-corrected chi connectivity index (χ1v) is 10.1. The van der Waals surface area contributed by atoms with E-state index >= 15 is 0 Å². The van der Waals surface area contributed by atoms with E-state index in [1.807, 2.05) is 13.0 Å².